The molecule has 2 saturated heterocycles. The van der Waals surface area contributed by atoms with E-state index < -0.39 is 0 Å². The van der Waals surface area contributed by atoms with E-state index in [9.17, 15) is 0 Å². The second kappa shape index (κ2) is 16.3. The molecule has 0 saturated carbocycles. The Morgan fingerprint density at radius 3 is 0.474 bits per heavy atom. The van der Waals surface area contributed by atoms with E-state index in [0.717, 1.165) is 78.5 Å². The van der Waals surface area contributed by atoms with E-state index >= 15 is 0 Å². The Morgan fingerprint density at radius 2 is 0.368 bits per heavy atom. The van der Waals surface area contributed by atoms with Crippen LogP contribution in [-0.2, 0) is 16.5 Å². The monoisotopic (exact) mass is 310 g/mol. The summed E-state index contributed by atoms with van der Waals surface area (Å²) in [7, 11) is 0. The Morgan fingerprint density at radius 1 is 0.263 bits per heavy atom. The van der Waals surface area contributed by atoms with Crippen LogP contribution in [0.15, 0.2) is 0 Å². The number of rotatable bonds is 0. The van der Waals surface area contributed by atoms with Crippen LogP contribution in [0.4, 0.5) is 0 Å². The first-order valence-electron chi connectivity index (χ1n) is 6.79. The molecule has 0 aromatic rings. The SMILES string of the molecule is C1C[N-]CC[N-]CC[N-]1.C1C[N-]CC[N-]CC[N-]1.[Ni]. The van der Waals surface area contributed by atoms with E-state index in [0.29, 0.717) is 0 Å². The van der Waals surface area contributed by atoms with Crippen LogP contribution in [0, 0.1) is 0 Å². The van der Waals surface area contributed by atoms with Gasteiger partial charge in [0.1, 0.15) is 0 Å². The molecule has 2 fully saturated rings. The molecule has 2 heterocycles. The Kier molecular flexibility index (Phi) is 16.5. The molecule has 7 heteroatoms. The summed E-state index contributed by atoms with van der Waals surface area (Å²) in [4.78, 5) is 0. The van der Waals surface area contributed by atoms with E-state index in [1.54, 1.807) is 0 Å². The fourth-order valence-electron chi connectivity index (χ4n) is 1.52. The van der Waals surface area contributed by atoms with Gasteiger partial charge < -0.3 is 31.9 Å². The van der Waals surface area contributed by atoms with Gasteiger partial charge in [-0.15, -0.1) is 0 Å². The van der Waals surface area contributed by atoms with Crippen molar-refractivity contribution in [1.29, 1.82) is 0 Å². The minimum atomic E-state index is 0. The Balaban J connectivity index is 0.000000324. The summed E-state index contributed by atoms with van der Waals surface area (Å²) in [6.07, 6.45) is 0. The summed E-state index contributed by atoms with van der Waals surface area (Å²) in [5.74, 6) is 0. The van der Waals surface area contributed by atoms with Crippen LogP contribution in [0.25, 0.3) is 31.9 Å². The summed E-state index contributed by atoms with van der Waals surface area (Å²) in [5.41, 5.74) is 0. The van der Waals surface area contributed by atoms with Crippen LogP contribution in [0.3, 0.4) is 0 Å². The molecule has 0 bridgehead atoms. The van der Waals surface area contributed by atoms with Crippen LogP contribution in [0.5, 0.6) is 0 Å². The quantitative estimate of drug-likeness (QED) is 0.615. The second-order valence-electron chi connectivity index (χ2n) is 4.02. The second-order valence-corrected chi connectivity index (χ2v) is 4.02. The molecule has 0 radical (unpaired) electrons. The molecule has 2 aliphatic heterocycles. The van der Waals surface area contributed by atoms with Gasteiger partial charge in [0.25, 0.3) is 0 Å². The first-order valence-corrected chi connectivity index (χ1v) is 6.79. The van der Waals surface area contributed by atoms with Crippen molar-refractivity contribution in [3.05, 3.63) is 31.9 Å². The van der Waals surface area contributed by atoms with Crippen molar-refractivity contribution in [2.45, 2.75) is 0 Å². The standard InChI is InChI=1S/2C6H12N3.Ni/c2*1-2-8-5-6-9-4-3-7-1;/h2*1-6H2;/q2*-3;. The number of hydrogen-bond acceptors (Lipinski definition) is 0. The molecule has 0 aliphatic carbocycles. The third kappa shape index (κ3) is 14.5. The topological polar surface area (TPSA) is 84.6 Å². The average molecular weight is 311 g/mol. The van der Waals surface area contributed by atoms with E-state index in [2.05, 4.69) is 31.9 Å². The van der Waals surface area contributed by atoms with Crippen LogP contribution in [-0.4, -0.2) is 78.5 Å². The van der Waals surface area contributed by atoms with Crippen molar-refractivity contribution in [1.82, 2.24) is 0 Å². The van der Waals surface area contributed by atoms with Crippen molar-refractivity contribution < 1.29 is 16.5 Å². The first kappa shape index (κ1) is 19.3. The molecule has 2 aliphatic rings. The third-order valence-corrected chi connectivity index (χ3v) is 2.50. The zero-order valence-electron chi connectivity index (χ0n) is 11.5. The van der Waals surface area contributed by atoms with E-state index in [1.165, 1.54) is 0 Å². The van der Waals surface area contributed by atoms with Gasteiger partial charge in [-0.25, -0.2) is 0 Å². The molecular weight excluding hydrogens is 287 g/mol. The van der Waals surface area contributed by atoms with Gasteiger partial charge in [-0.1, -0.05) is 0 Å². The maximum Gasteiger partial charge on any atom is 0 e. The van der Waals surface area contributed by atoms with Gasteiger partial charge in [-0.3, -0.25) is 0 Å². The van der Waals surface area contributed by atoms with Crippen molar-refractivity contribution in [2.75, 3.05) is 78.5 Å². The van der Waals surface area contributed by atoms with Crippen molar-refractivity contribution in [2.24, 2.45) is 0 Å². The Labute approximate surface area is 127 Å². The van der Waals surface area contributed by atoms with Crippen LogP contribution in [0.1, 0.15) is 0 Å². The van der Waals surface area contributed by atoms with Gasteiger partial charge in [-0.05, 0) is 0 Å². The molecule has 6 nitrogen and oxygen atoms in total. The molecule has 0 N–H and O–H groups in total. The van der Waals surface area contributed by atoms with Crippen molar-refractivity contribution >= 4 is 0 Å². The molecule has 0 spiro atoms. The van der Waals surface area contributed by atoms with Gasteiger partial charge >= 0.3 is 0 Å². The zero-order chi connectivity index (χ0) is 12.7. The molecule has 0 unspecified atom stereocenters. The summed E-state index contributed by atoms with van der Waals surface area (Å²) in [6, 6.07) is 0. The van der Waals surface area contributed by atoms with Crippen LogP contribution < -0.4 is 0 Å². The average Bonchev–Trinajstić information content (AvgIpc) is 2.65. The van der Waals surface area contributed by atoms with E-state index in [4.69, 9.17) is 0 Å². The molecule has 19 heavy (non-hydrogen) atoms. The summed E-state index contributed by atoms with van der Waals surface area (Å²) < 4.78 is 0. The van der Waals surface area contributed by atoms with E-state index in [1.807, 2.05) is 0 Å². The summed E-state index contributed by atoms with van der Waals surface area (Å²) in [6.45, 7) is 10.8. The number of hydrogen-bond donors (Lipinski definition) is 0. The normalized spacial score (nSPS) is 22.7. The molecule has 0 aromatic carbocycles. The predicted molar refractivity (Wildman–Crippen MR) is 78.6 cm³/mol. The maximum absolute atomic E-state index is 4.20. The Bertz CT molecular complexity index is 97.2. The smallest absolute Gasteiger partial charge is 0 e. The minimum Gasteiger partial charge on any atom is -0.665 e. The van der Waals surface area contributed by atoms with Crippen LogP contribution in [0.2, 0.25) is 0 Å². The van der Waals surface area contributed by atoms with E-state index in [-0.39, 0.29) is 16.5 Å². The minimum absolute atomic E-state index is 0. The van der Waals surface area contributed by atoms with Crippen LogP contribution >= 0.6 is 0 Å². The fraction of sp³-hybridized carbons (Fsp3) is 1.00. The van der Waals surface area contributed by atoms with Gasteiger partial charge in [-0.2, -0.15) is 78.5 Å². The molecular formula is C12H24N6Ni-6. The van der Waals surface area contributed by atoms with Gasteiger partial charge in [0, 0.05) is 16.5 Å². The molecule has 0 aromatic heterocycles. The predicted octanol–water partition coefficient (Wildman–Crippen LogP) is 2.24. The molecule has 118 valence electrons. The molecule has 2 rings (SSSR count). The fourth-order valence-corrected chi connectivity index (χ4v) is 1.52. The van der Waals surface area contributed by atoms with Gasteiger partial charge in [0.05, 0.1) is 0 Å². The van der Waals surface area contributed by atoms with Gasteiger partial charge in [0.2, 0.25) is 0 Å². The third-order valence-electron chi connectivity index (χ3n) is 2.50. The van der Waals surface area contributed by atoms with Crippen molar-refractivity contribution in [3.8, 4) is 0 Å². The number of nitrogens with zero attached hydrogens (tertiary/aromatic N) is 6. The maximum atomic E-state index is 4.20. The first-order chi connectivity index (χ1) is 9.00. The Hall–Kier alpha value is 0.254. The largest absolute Gasteiger partial charge is 0.665 e. The summed E-state index contributed by atoms with van der Waals surface area (Å²) >= 11 is 0. The molecule has 0 amide bonds. The molecule has 0 atom stereocenters. The van der Waals surface area contributed by atoms with Crippen molar-refractivity contribution in [3.63, 3.8) is 0 Å². The van der Waals surface area contributed by atoms with Gasteiger partial charge in [0.15, 0.2) is 0 Å². The summed E-state index contributed by atoms with van der Waals surface area (Å²) in [5, 5.41) is 25.2. The zero-order valence-corrected chi connectivity index (χ0v) is 12.5.